The molecule has 3 aromatic rings. The maximum Gasteiger partial charge on any atom is 0.271 e. The predicted molar refractivity (Wildman–Crippen MR) is 156 cm³/mol. The highest BCUT2D eigenvalue weighted by atomic mass is 79.9. The molecule has 12 heteroatoms. The van der Waals surface area contributed by atoms with Crippen LogP contribution in [0.5, 0.6) is 0 Å². The Morgan fingerprint density at radius 1 is 1.00 bits per heavy atom. The smallest absolute Gasteiger partial charge is 0.271 e. The van der Waals surface area contributed by atoms with E-state index < -0.39 is 44.9 Å². The van der Waals surface area contributed by atoms with Gasteiger partial charge in [0.15, 0.2) is 0 Å². The molecule has 0 fully saturated rings. The Bertz CT molecular complexity index is 1490. The van der Waals surface area contributed by atoms with E-state index in [0.717, 1.165) is 14.8 Å². The van der Waals surface area contributed by atoms with Crippen LogP contribution in [0.25, 0.3) is 0 Å². The molecule has 3 rings (SSSR count). The topological polar surface area (TPSA) is 130 Å². The molecule has 0 saturated carbocycles. The molecule has 3 aromatic carbocycles. The van der Waals surface area contributed by atoms with Crippen LogP contribution in [-0.2, 0) is 26.2 Å². The average molecular weight is 632 g/mol. The number of sulfonamides is 1. The number of benzene rings is 3. The van der Waals surface area contributed by atoms with Crippen molar-refractivity contribution in [3.8, 4) is 0 Å². The normalized spacial score (nSPS) is 12.3. The summed E-state index contributed by atoms with van der Waals surface area (Å²) in [5.41, 5.74) is -0.240. The molecule has 2 amide bonds. The number of hydrogen-bond acceptors (Lipinski definition) is 6. The quantitative estimate of drug-likeness (QED) is 0.251. The molecule has 0 radical (unpaired) electrons. The number of nitrogens with zero attached hydrogens (tertiary/aromatic N) is 3. The van der Waals surface area contributed by atoms with Gasteiger partial charge in [-0.3, -0.25) is 24.0 Å². The van der Waals surface area contributed by atoms with Crippen molar-refractivity contribution >= 4 is 49.1 Å². The third kappa shape index (κ3) is 7.89. The molecule has 10 nitrogen and oxygen atoms in total. The first kappa shape index (κ1) is 30.8. The summed E-state index contributed by atoms with van der Waals surface area (Å²) in [6.07, 6.45) is 0. The van der Waals surface area contributed by atoms with E-state index in [-0.39, 0.29) is 22.8 Å². The minimum Gasteiger partial charge on any atom is -0.350 e. The number of carbonyl (C=O) groups excluding carboxylic acids is 2. The highest BCUT2D eigenvalue weighted by molar-refractivity contribution is 9.10. The van der Waals surface area contributed by atoms with E-state index in [4.69, 9.17) is 0 Å². The molecule has 0 spiro atoms. The van der Waals surface area contributed by atoms with Crippen LogP contribution in [0.1, 0.15) is 33.3 Å². The van der Waals surface area contributed by atoms with Crippen LogP contribution >= 0.6 is 15.9 Å². The van der Waals surface area contributed by atoms with E-state index in [1.165, 1.54) is 35.2 Å². The van der Waals surface area contributed by atoms with E-state index >= 15 is 0 Å². The minimum absolute atomic E-state index is 0.0190. The average Bonchev–Trinajstić information content (AvgIpc) is 2.89. The number of nitrogens with one attached hydrogen (secondary N) is 1. The summed E-state index contributed by atoms with van der Waals surface area (Å²) in [6.45, 7) is 6.34. The fourth-order valence-corrected chi connectivity index (χ4v) is 5.77. The maximum absolute atomic E-state index is 13.9. The second-order valence-corrected chi connectivity index (χ2v) is 12.9. The fourth-order valence-electron chi connectivity index (χ4n) is 3.90. The third-order valence-corrected chi connectivity index (χ3v) is 8.13. The van der Waals surface area contributed by atoms with Crippen molar-refractivity contribution in [3.05, 3.63) is 99.0 Å². The standard InChI is InChI=1S/C28H31BrN4O6S/c1-20(27(35)30-28(2,3)4)31(18-21-10-8-11-22(29)16-21)26(34)19-32(23-12-9-13-24(17-23)33(36)37)40(38,39)25-14-6-5-7-15-25/h5-17,20H,18-19H2,1-4H3,(H,30,35)/t20-/m1/s1. The summed E-state index contributed by atoms with van der Waals surface area (Å²) >= 11 is 3.41. The van der Waals surface area contributed by atoms with Crippen LogP contribution < -0.4 is 9.62 Å². The zero-order chi connectivity index (χ0) is 29.7. The van der Waals surface area contributed by atoms with Crippen molar-refractivity contribution in [1.29, 1.82) is 0 Å². The lowest BCUT2D eigenvalue weighted by Gasteiger charge is -2.33. The number of halogens is 1. The third-order valence-electron chi connectivity index (χ3n) is 5.85. The zero-order valence-corrected chi connectivity index (χ0v) is 25.0. The molecule has 0 aromatic heterocycles. The number of rotatable bonds is 10. The van der Waals surface area contributed by atoms with Gasteiger partial charge in [-0.05, 0) is 63.6 Å². The molecule has 1 atom stereocenters. The minimum atomic E-state index is -4.32. The molecule has 0 aliphatic carbocycles. The van der Waals surface area contributed by atoms with E-state index in [1.807, 2.05) is 26.8 Å². The number of amides is 2. The number of nitro benzene ring substituents is 1. The molecule has 212 valence electrons. The molecule has 0 unspecified atom stereocenters. The van der Waals surface area contributed by atoms with Gasteiger partial charge >= 0.3 is 0 Å². The van der Waals surface area contributed by atoms with Crippen LogP contribution in [0.4, 0.5) is 11.4 Å². The number of non-ortho nitro benzene ring substituents is 1. The largest absolute Gasteiger partial charge is 0.350 e. The first-order chi connectivity index (χ1) is 18.7. The summed E-state index contributed by atoms with van der Waals surface area (Å²) in [4.78, 5) is 39.1. The van der Waals surface area contributed by atoms with Gasteiger partial charge in [0, 0.05) is 28.7 Å². The summed E-state index contributed by atoms with van der Waals surface area (Å²) in [5, 5.41) is 14.3. The highest BCUT2D eigenvalue weighted by Gasteiger charge is 2.33. The van der Waals surface area contributed by atoms with Crippen molar-refractivity contribution in [3.63, 3.8) is 0 Å². The van der Waals surface area contributed by atoms with E-state index in [0.29, 0.717) is 5.56 Å². The van der Waals surface area contributed by atoms with E-state index in [1.54, 1.807) is 43.3 Å². The lowest BCUT2D eigenvalue weighted by Crippen LogP contribution is -2.54. The molecule has 0 bridgehead atoms. The first-order valence-corrected chi connectivity index (χ1v) is 14.6. The Labute approximate surface area is 242 Å². The van der Waals surface area contributed by atoms with Crippen molar-refractivity contribution in [2.24, 2.45) is 0 Å². The lowest BCUT2D eigenvalue weighted by molar-refractivity contribution is -0.384. The molecule has 0 aliphatic rings. The van der Waals surface area contributed by atoms with Crippen LogP contribution in [0.15, 0.2) is 88.2 Å². The molecule has 40 heavy (non-hydrogen) atoms. The van der Waals surface area contributed by atoms with E-state index in [9.17, 15) is 28.1 Å². The number of nitro groups is 1. The Morgan fingerprint density at radius 2 is 1.65 bits per heavy atom. The summed E-state index contributed by atoms with van der Waals surface area (Å²) in [5.74, 6) is -1.08. The van der Waals surface area contributed by atoms with Crippen molar-refractivity contribution in [2.75, 3.05) is 10.8 Å². The second kappa shape index (κ2) is 12.6. The van der Waals surface area contributed by atoms with Crippen LogP contribution in [0.3, 0.4) is 0 Å². The molecule has 0 heterocycles. The zero-order valence-electron chi connectivity index (χ0n) is 22.6. The Kier molecular flexibility index (Phi) is 9.69. The number of carbonyl (C=O) groups is 2. The van der Waals surface area contributed by atoms with Gasteiger partial charge in [-0.1, -0.05) is 52.3 Å². The van der Waals surface area contributed by atoms with Gasteiger partial charge in [0.1, 0.15) is 12.6 Å². The van der Waals surface area contributed by atoms with Crippen molar-refractivity contribution in [2.45, 2.75) is 50.7 Å². The Morgan fingerprint density at radius 3 is 2.25 bits per heavy atom. The van der Waals surface area contributed by atoms with Crippen LogP contribution in [0.2, 0.25) is 0 Å². The van der Waals surface area contributed by atoms with Gasteiger partial charge in [-0.2, -0.15) is 0 Å². The molecule has 0 aliphatic heterocycles. The van der Waals surface area contributed by atoms with Gasteiger partial charge in [0.2, 0.25) is 11.8 Å². The maximum atomic E-state index is 13.9. The number of hydrogen-bond donors (Lipinski definition) is 1. The SMILES string of the molecule is C[C@H](C(=O)NC(C)(C)C)N(Cc1cccc(Br)c1)C(=O)CN(c1cccc([N+](=O)[O-])c1)S(=O)(=O)c1ccccc1. The van der Waals surface area contributed by atoms with Gasteiger partial charge in [-0.15, -0.1) is 0 Å². The van der Waals surface area contributed by atoms with E-state index in [2.05, 4.69) is 21.2 Å². The first-order valence-electron chi connectivity index (χ1n) is 12.4. The molecular formula is C28H31BrN4O6S. The summed E-state index contributed by atoms with van der Waals surface area (Å²) < 4.78 is 29.1. The predicted octanol–water partition coefficient (Wildman–Crippen LogP) is 4.88. The van der Waals surface area contributed by atoms with Crippen LogP contribution in [-0.4, -0.2) is 48.2 Å². The molecule has 0 saturated heterocycles. The summed E-state index contributed by atoms with van der Waals surface area (Å²) in [6, 6.07) is 18.8. The lowest BCUT2D eigenvalue weighted by atomic mass is 10.1. The number of anilines is 1. The Hall–Kier alpha value is -3.77. The monoisotopic (exact) mass is 630 g/mol. The second-order valence-electron chi connectivity index (χ2n) is 10.2. The van der Waals surface area contributed by atoms with Crippen molar-refractivity contribution in [1.82, 2.24) is 10.2 Å². The fraction of sp³-hybridized carbons (Fsp3) is 0.286. The van der Waals surface area contributed by atoms with Gasteiger partial charge in [0.05, 0.1) is 15.5 Å². The van der Waals surface area contributed by atoms with Gasteiger partial charge < -0.3 is 10.2 Å². The van der Waals surface area contributed by atoms with Crippen molar-refractivity contribution < 1.29 is 22.9 Å². The molecule has 1 N–H and O–H groups in total. The summed E-state index contributed by atoms with van der Waals surface area (Å²) in [7, 11) is -4.32. The Balaban J connectivity index is 2.07. The van der Waals surface area contributed by atoms with Gasteiger partial charge in [0.25, 0.3) is 15.7 Å². The molecular weight excluding hydrogens is 600 g/mol. The highest BCUT2D eigenvalue weighted by Crippen LogP contribution is 2.27. The van der Waals surface area contributed by atoms with Gasteiger partial charge in [-0.25, -0.2) is 8.42 Å². The van der Waals surface area contributed by atoms with Crippen LogP contribution in [0, 0.1) is 10.1 Å².